The van der Waals surface area contributed by atoms with Crippen molar-refractivity contribution in [3.63, 3.8) is 0 Å². The van der Waals surface area contributed by atoms with Gasteiger partial charge in [-0.05, 0) is 29.5 Å². The summed E-state index contributed by atoms with van der Waals surface area (Å²) in [5.74, 6) is -3.75. The molecule has 1 aliphatic rings. The van der Waals surface area contributed by atoms with Crippen LogP contribution >= 0.6 is 11.3 Å². The molecule has 0 spiro atoms. The van der Waals surface area contributed by atoms with E-state index in [2.05, 4.69) is 4.98 Å². The van der Waals surface area contributed by atoms with Crippen LogP contribution in [0, 0.1) is 0 Å². The number of alkyl halides is 3. The zero-order valence-corrected chi connectivity index (χ0v) is 15.6. The average Bonchev–Trinajstić information content (AvgIpc) is 3.07. The number of halogens is 3. The van der Waals surface area contributed by atoms with E-state index in [1.165, 1.54) is 11.3 Å². The molecule has 2 aromatic rings. The van der Waals surface area contributed by atoms with E-state index in [4.69, 9.17) is 15.6 Å². The van der Waals surface area contributed by atoms with Crippen LogP contribution in [0.5, 0.6) is 0 Å². The molecule has 12 heteroatoms. The number of nitrogens with two attached hydrogens (primary N) is 1. The van der Waals surface area contributed by atoms with Crippen molar-refractivity contribution >= 4 is 29.3 Å². The number of rotatable bonds is 2. The molecule has 29 heavy (non-hydrogen) atoms. The molecule has 0 unspecified atom stereocenters. The van der Waals surface area contributed by atoms with Crippen LogP contribution in [0.25, 0.3) is 11.3 Å². The zero-order chi connectivity index (χ0) is 21.8. The van der Waals surface area contributed by atoms with Crippen molar-refractivity contribution in [2.24, 2.45) is 5.73 Å². The zero-order valence-electron chi connectivity index (χ0n) is 14.8. The van der Waals surface area contributed by atoms with Crippen molar-refractivity contribution in [1.82, 2.24) is 9.88 Å². The Morgan fingerprint density at radius 3 is 2.28 bits per heavy atom. The third kappa shape index (κ3) is 5.67. The Labute approximate surface area is 166 Å². The van der Waals surface area contributed by atoms with E-state index in [1.54, 1.807) is 11.0 Å². The van der Waals surface area contributed by atoms with Gasteiger partial charge in [-0.3, -0.25) is 4.98 Å². The Morgan fingerprint density at radius 1 is 1.17 bits per heavy atom. The van der Waals surface area contributed by atoms with Gasteiger partial charge in [0.1, 0.15) is 0 Å². The minimum absolute atomic E-state index is 0.199. The fourth-order valence-corrected chi connectivity index (χ4v) is 3.28. The fourth-order valence-electron chi connectivity index (χ4n) is 2.64. The minimum Gasteiger partial charge on any atom is -0.478 e. The first-order chi connectivity index (χ1) is 13.5. The Hall–Kier alpha value is -3.15. The first-order valence-corrected chi connectivity index (χ1v) is 9.08. The summed E-state index contributed by atoms with van der Waals surface area (Å²) in [5.41, 5.74) is 8.54. The first kappa shape index (κ1) is 22.1. The van der Waals surface area contributed by atoms with Crippen molar-refractivity contribution in [1.29, 1.82) is 0 Å². The molecule has 2 amide bonds. The highest BCUT2D eigenvalue weighted by Gasteiger charge is 2.38. The quantitative estimate of drug-likeness (QED) is 0.669. The Bertz CT molecular complexity index is 916. The first-order valence-electron chi connectivity index (χ1n) is 8.14. The lowest BCUT2D eigenvalue weighted by atomic mass is 10.0. The Morgan fingerprint density at radius 2 is 1.79 bits per heavy atom. The van der Waals surface area contributed by atoms with Crippen LogP contribution in [0.15, 0.2) is 22.9 Å². The van der Waals surface area contributed by atoms with Gasteiger partial charge in [0, 0.05) is 36.1 Å². The predicted molar refractivity (Wildman–Crippen MR) is 96.8 cm³/mol. The lowest BCUT2D eigenvalue weighted by Gasteiger charge is -2.16. The van der Waals surface area contributed by atoms with E-state index in [0.717, 1.165) is 16.8 Å². The number of hydrogen-bond acceptors (Lipinski definition) is 5. The molecule has 3 rings (SSSR count). The molecule has 8 nitrogen and oxygen atoms in total. The van der Waals surface area contributed by atoms with E-state index in [9.17, 15) is 27.9 Å². The number of aromatic carboxylic acids is 1. The molecule has 0 saturated heterocycles. The average molecular weight is 431 g/mol. The maximum absolute atomic E-state index is 11.5. The summed E-state index contributed by atoms with van der Waals surface area (Å²) in [6.07, 6.45) is -3.94. The van der Waals surface area contributed by atoms with Crippen LogP contribution < -0.4 is 5.73 Å². The number of urea groups is 1. The Balaban J connectivity index is 0.000000370. The number of carboxylic acid groups (broad SMARTS) is 2. The SMILES string of the molecule is NC(=O)N1CCc2cc(C(=O)O)c(-c3ccsc3)nc2CC1.O=C(O)C(F)(F)F. The van der Waals surface area contributed by atoms with E-state index >= 15 is 0 Å². The van der Waals surface area contributed by atoms with Crippen molar-refractivity contribution in [3.05, 3.63) is 39.7 Å². The third-order valence-electron chi connectivity index (χ3n) is 4.04. The monoisotopic (exact) mass is 431 g/mol. The second-order valence-corrected chi connectivity index (χ2v) is 6.72. The number of aliphatic carboxylic acids is 1. The van der Waals surface area contributed by atoms with Gasteiger partial charge in [0.25, 0.3) is 0 Å². The summed E-state index contributed by atoms with van der Waals surface area (Å²) in [6, 6.07) is 3.09. The second-order valence-electron chi connectivity index (χ2n) is 5.94. The summed E-state index contributed by atoms with van der Waals surface area (Å²) < 4.78 is 31.7. The molecule has 0 aliphatic carbocycles. The number of pyridine rings is 1. The molecule has 0 fully saturated rings. The molecule has 3 heterocycles. The summed E-state index contributed by atoms with van der Waals surface area (Å²) in [7, 11) is 0. The molecule has 156 valence electrons. The molecule has 2 aromatic heterocycles. The van der Waals surface area contributed by atoms with Crippen LogP contribution in [-0.2, 0) is 17.6 Å². The van der Waals surface area contributed by atoms with Gasteiger partial charge in [0.15, 0.2) is 0 Å². The number of fused-ring (bicyclic) bond motifs is 1. The van der Waals surface area contributed by atoms with E-state index in [1.807, 2.05) is 16.8 Å². The molecule has 0 radical (unpaired) electrons. The lowest BCUT2D eigenvalue weighted by molar-refractivity contribution is -0.192. The van der Waals surface area contributed by atoms with Crippen molar-refractivity contribution < 1.29 is 37.8 Å². The Kier molecular flexibility index (Phi) is 6.80. The van der Waals surface area contributed by atoms with Crippen molar-refractivity contribution in [2.45, 2.75) is 19.0 Å². The molecule has 0 atom stereocenters. The minimum atomic E-state index is -5.08. The second kappa shape index (κ2) is 8.90. The van der Waals surface area contributed by atoms with Crippen molar-refractivity contribution in [3.8, 4) is 11.3 Å². The number of primary amides is 1. The number of thiophene rings is 1. The molecule has 4 N–H and O–H groups in total. The molecule has 0 aromatic carbocycles. The highest BCUT2D eigenvalue weighted by atomic mass is 32.1. The van der Waals surface area contributed by atoms with Crippen LogP contribution in [0.4, 0.5) is 18.0 Å². The van der Waals surface area contributed by atoms with Gasteiger partial charge in [-0.15, -0.1) is 0 Å². The smallest absolute Gasteiger partial charge is 0.478 e. The summed E-state index contributed by atoms with van der Waals surface area (Å²) in [6.45, 7) is 0.992. The molecule has 0 saturated carbocycles. The van der Waals surface area contributed by atoms with Gasteiger partial charge >= 0.3 is 24.1 Å². The number of nitrogens with zero attached hydrogens (tertiary/aromatic N) is 2. The summed E-state index contributed by atoms with van der Waals surface area (Å²) >= 11 is 1.50. The van der Waals surface area contributed by atoms with E-state index in [0.29, 0.717) is 31.6 Å². The maximum Gasteiger partial charge on any atom is 0.490 e. The molecular formula is C17H16F3N3O5S. The van der Waals surface area contributed by atoms with E-state index < -0.39 is 24.1 Å². The number of amides is 2. The van der Waals surface area contributed by atoms with Gasteiger partial charge in [-0.25, -0.2) is 14.4 Å². The van der Waals surface area contributed by atoms with Crippen LogP contribution in [0.1, 0.15) is 21.6 Å². The van der Waals surface area contributed by atoms with Crippen molar-refractivity contribution in [2.75, 3.05) is 13.1 Å². The fraction of sp³-hybridized carbons (Fsp3) is 0.294. The highest BCUT2D eigenvalue weighted by Crippen LogP contribution is 2.27. The van der Waals surface area contributed by atoms with Crippen LogP contribution in [0.2, 0.25) is 0 Å². The van der Waals surface area contributed by atoms with Gasteiger partial charge in [0.2, 0.25) is 0 Å². The topological polar surface area (TPSA) is 134 Å². The van der Waals surface area contributed by atoms with E-state index in [-0.39, 0.29) is 5.56 Å². The number of carbonyl (C=O) groups is 3. The van der Waals surface area contributed by atoms with Crippen LogP contribution in [0.3, 0.4) is 0 Å². The van der Waals surface area contributed by atoms with Gasteiger partial charge in [-0.1, -0.05) is 0 Å². The van der Waals surface area contributed by atoms with Crippen LogP contribution in [-0.4, -0.2) is 57.3 Å². The predicted octanol–water partition coefficient (Wildman–Crippen LogP) is 2.62. The van der Waals surface area contributed by atoms with Gasteiger partial charge in [-0.2, -0.15) is 24.5 Å². The number of hydrogen-bond donors (Lipinski definition) is 3. The molecule has 1 aliphatic heterocycles. The standard InChI is InChI=1S/C15H15N3O3S.C2HF3O2/c16-15(21)18-4-1-9-7-11(14(19)20)13(10-3-6-22-8-10)17-12(9)2-5-18;3-2(4,5)1(6)7/h3,6-8H,1-2,4-5H2,(H2,16,21)(H,19,20);(H,6,7). The maximum atomic E-state index is 11.5. The molecule has 0 bridgehead atoms. The largest absolute Gasteiger partial charge is 0.490 e. The summed E-state index contributed by atoms with van der Waals surface area (Å²) in [4.78, 5) is 37.9. The highest BCUT2D eigenvalue weighted by molar-refractivity contribution is 7.08. The third-order valence-corrected chi connectivity index (χ3v) is 4.72. The number of aromatic nitrogens is 1. The summed E-state index contributed by atoms with van der Waals surface area (Å²) in [5, 5.41) is 20.4. The van der Waals surface area contributed by atoms with Gasteiger partial charge < -0.3 is 20.8 Å². The number of carbonyl (C=O) groups excluding carboxylic acids is 1. The normalized spacial score (nSPS) is 13.6. The lowest BCUT2D eigenvalue weighted by Crippen LogP contribution is -2.37. The number of carboxylic acids is 2. The van der Waals surface area contributed by atoms with Gasteiger partial charge in [0.05, 0.1) is 11.3 Å². The molecular weight excluding hydrogens is 415 g/mol.